The van der Waals surface area contributed by atoms with Gasteiger partial charge in [0.05, 0.1) is 0 Å². The highest BCUT2D eigenvalue weighted by atomic mass is 28.2. The van der Waals surface area contributed by atoms with Gasteiger partial charge in [-0.15, -0.1) is 26.3 Å². The Morgan fingerprint density at radius 2 is 0.933 bits per heavy atom. The molecule has 0 aliphatic carbocycles. The Bertz CT molecular complexity index is 172. The average Bonchev–Trinajstić information content (AvgIpc) is 2.19. The Balaban J connectivity index is 4.15. The molecule has 0 fully saturated rings. The summed E-state index contributed by atoms with van der Waals surface area (Å²) in [6.45, 7) is 18.5. The van der Waals surface area contributed by atoms with Gasteiger partial charge in [0.15, 0.2) is 0 Å². The first-order valence-corrected chi connectivity index (χ1v) is 5.87. The van der Waals surface area contributed by atoms with Crippen LogP contribution in [0.5, 0.6) is 0 Å². The van der Waals surface area contributed by atoms with Crippen molar-refractivity contribution in [3.63, 3.8) is 0 Å². The van der Waals surface area contributed by atoms with Crippen LogP contribution in [0.1, 0.15) is 0 Å². The van der Waals surface area contributed by atoms with Crippen LogP contribution < -0.4 is 0 Å². The number of hydrogen-bond donors (Lipinski definition) is 0. The normalized spacial score (nSPS) is 10.3. The molecule has 0 aromatic heterocycles. The molecule has 3 heteroatoms. The van der Waals surface area contributed by atoms with Crippen LogP contribution in [0.4, 0.5) is 0 Å². The van der Waals surface area contributed by atoms with E-state index < -0.39 is 0 Å². The molecule has 2 radical (unpaired) electrons. The summed E-state index contributed by atoms with van der Waals surface area (Å²) in [5, 5.41) is 0. The zero-order valence-corrected chi connectivity index (χ0v) is 10.4. The van der Waals surface area contributed by atoms with E-state index in [0.717, 1.165) is 26.2 Å². The van der Waals surface area contributed by atoms with Crippen LogP contribution in [0.2, 0.25) is 0 Å². The number of nitrogens with zero attached hydrogens (tertiary/aromatic N) is 2. The third kappa shape index (κ3) is 7.08. The Labute approximate surface area is 96.2 Å². The fraction of sp³-hybridized carbons (Fsp3) is 0.333. The van der Waals surface area contributed by atoms with Crippen LogP contribution in [-0.2, 0) is 0 Å². The van der Waals surface area contributed by atoms with Crippen molar-refractivity contribution in [1.82, 2.24) is 9.13 Å². The molecule has 0 aromatic carbocycles. The summed E-state index contributed by atoms with van der Waals surface area (Å²) in [4.78, 5) is 0. The topological polar surface area (TPSA) is 6.48 Å². The summed E-state index contributed by atoms with van der Waals surface area (Å²) in [6, 6.07) is 0. The van der Waals surface area contributed by atoms with Gasteiger partial charge in [0.1, 0.15) is 0 Å². The summed E-state index contributed by atoms with van der Waals surface area (Å²) in [5.41, 5.74) is 0. The molecule has 0 aliphatic rings. The lowest BCUT2D eigenvalue weighted by Gasteiger charge is -2.25. The van der Waals surface area contributed by atoms with Gasteiger partial charge >= 0.3 is 0 Å². The molecule has 0 atom stereocenters. The fourth-order valence-electron chi connectivity index (χ4n) is 1.14. The summed E-state index contributed by atoms with van der Waals surface area (Å²) >= 11 is 0. The highest BCUT2D eigenvalue weighted by Gasteiger charge is 2.09. The second-order valence-electron chi connectivity index (χ2n) is 3.06. The van der Waals surface area contributed by atoms with Crippen molar-refractivity contribution in [3.8, 4) is 0 Å². The number of rotatable bonds is 10. The minimum atomic E-state index is 0.623. The predicted molar refractivity (Wildman–Crippen MR) is 69.7 cm³/mol. The molecule has 2 nitrogen and oxygen atoms in total. The lowest BCUT2D eigenvalue weighted by Crippen LogP contribution is -2.42. The Morgan fingerprint density at radius 1 is 0.667 bits per heavy atom. The van der Waals surface area contributed by atoms with E-state index in [9.17, 15) is 0 Å². The van der Waals surface area contributed by atoms with Gasteiger partial charge in [-0.2, -0.15) is 0 Å². The standard InChI is InChI=1S/C12H20N2Si/c1-5-9-13(10-6-2)15-14(11-7-3)12-8-4/h5-8H,1-4,9-12H2. The molecule has 0 amide bonds. The van der Waals surface area contributed by atoms with E-state index in [0.29, 0.717) is 9.84 Å². The van der Waals surface area contributed by atoms with Gasteiger partial charge < -0.3 is 9.13 Å². The van der Waals surface area contributed by atoms with Crippen LogP contribution in [0.25, 0.3) is 0 Å². The Kier molecular flexibility index (Phi) is 9.06. The van der Waals surface area contributed by atoms with Crippen LogP contribution >= 0.6 is 0 Å². The van der Waals surface area contributed by atoms with Crippen molar-refractivity contribution in [2.24, 2.45) is 0 Å². The molecule has 0 aromatic rings. The Hall–Kier alpha value is -0.903. The molecule has 82 valence electrons. The summed E-state index contributed by atoms with van der Waals surface area (Å²) < 4.78 is 4.57. The van der Waals surface area contributed by atoms with E-state index in [-0.39, 0.29) is 0 Å². The average molecular weight is 220 g/mol. The molecule has 0 saturated carbocycles. The number of hydrogen-bond acceptors (Lipinski definition) is 2. The molecule has 0 spiro atoms. The van der Waals surface area contributed by atoms with Gasteiger partial charge in [0.2, 0.25) is 0 Å². The Morgan fingerprint density at radius 3 is 1.13 bits per heavy atom. The molecule has 0 unspecified atom stereocenters. The highest BCUT2D eigenvalue weighted by molar-refractivity contribution is 6.28. The molecule has 0 aliphatic heterocycles. The van der Waals surface area contributed by atoms with Crippen LogP contribution in [0.15, 0.2) is 50.6 Å². The van der Waals surface area contributed by atoms with Gasteiger partial charge in [0, 0.05) is 26.2 Å². The quantitative estimate of drug-likeness (QED) is 0.410. The zero-order valence-electron chi connectivity index (χ0n) is 9.36. The second-order valence-corrected chi connectivity index (χ2v) is 4.53. The van der Waals surface area contributed by atoms with E-state index in [1.807, 2.05) is 24.3 Å². The van der Waals surface area contributed by atoms with E-state index >= 15 is 0 Å². The van der Waals surface area contributed by atoms with Crippen molar-refractivity contribution >= 4 is 9.84 Å². The lowest BCUT2D eigenvalue weighted by molar-refractivity contribution is 0.445. The van der Waals surface area contributed by atoms with Gasteiger partial charge in [-0.1, -0.05) is 24.3 Å². The minimum absolute atomic E-state index is 0.623. The van der Waals surface area contributed by atoms with Gasteiger partial charge in [-0.25, -0.2) is 0 Å². The van der Waals surface area contributed by atoms with Crippen molar-refractivity contribution in [2.45, 2.75) is 0 Å². The molecule has 0 N–H and O–H groups in total. The summed E-state index contributed by atoms with van der Waals surface area (Å²) in [5.74, 6) is 0. The predicted octanol–water partition coefficient (Wildman–Crippen LogP) is 1.87. The molecular formula is C12H20N2Si. The molecular weight excluding hydrogens is 200 g/mol. The molecule has 15 heavy (non-hydrogen) atoms. The largest absolute Gasteiger partial charge is 0.305 e. The van der Waals surface area contributed by atoms with E-state index in [2.05, 4.69) is 35.4 Å². The smallest absolute Gasteiger partial charge is 0.252 e. The van der Waals surface area contributed by atoms with E-state index in [1.165, 1.54) is 0 Å². The molecule has 0 bridgehead atoms. The minimum Gasteiger partial charge on any atom is -0.305 e. The van der Waals surface area contributed by atoms with Gasteiger partial charge in [-0.05, 0) is 0 Å². The van der Waals surface area contributed by atoms with Crippen molar-refractivity contribution in [2.75, 3.05) is 26.2 Å². The SMILES string of the molecule is C=CCN(CC=C)[Si]N(CC=C)CC=C. The zero-order chi connectivity index (χ0) is 11.5. The van der Waals surface area contributed by atoms with Crippen molar-refractivity contribution in [1.29, 1.82) is 0 Å². The lowest BCUT2D eigenvalue weighted by atomic mass is 10.5. The first-order valence-electron chi connectivity index (χ1n) is 4.98. The maximum absolute atomic E-state index is 3.75. The molecule has 0 rings (SSSR count). The third-order valence-corrected chi connectivity index (χ3v) is 2.98. The van der Waals surface area contributed by atoms with Crippen LogP contribution in [0, 0.1) is 0 Å². The molecule has 0 saturated heterocycles. The van der Waals surface area contributed by atoms with E-state index in [4.69, 9.17) is 0 Å². The summed E-state index contributed by atoms with van der Waals surface area (Å²) in [6.07, 6.45) is 7.65. The third-order valence-electron chi connectivity index (χ3n) is 1.68. The first-order chi connectivity index (χ1) is 7.28. The summed E-state index contributed by atoms with van der Waals surface area (Å²) in [7, 11) is 0.623. The first kappa shape index (κ1) is 14.1. The van der Waals surface area contributed by atoms with Gasteiger partial charge in [0.25, 0.3) is 9.84 Å². The van der Waals surface area contributed by atoms with Crippen LogP contribution in [0.3, 0.4) is 0 Å². The van der Waals surface area contributed by atoms with Gasteiger partial charge in [-0.3, -0.25) is 0 Å². The maximum atomic E-state index is 3.75. The van der Waals surface area contributed by atoms with E-state index in [1.54, 1.807) is 0 Å². The maximum Gasteiger partial charge on any atom is 0.252 e. The van der Waals surface area contributed by atoms with Crippen LogP contribution in [-0.4, -0.2) is 45.2 Å². The monoisotopic (exact) mass is 220 g/mol. The highest BCUT2D eigenvalue weighted by Crippen LogP contribution is 1.93. The molecule has 0 heterocycles. The van der Waals surface area contributed by atoms with Crippen molar-refractivity contribution in [3.05, 3.63) is 50.6 Å². The van der Waals surface area contributed by atoms with Crippen molar-refractivity contribution < 1.29 is 0 Å². The second kappa shape index (κ2) is 9.64. The fourth-order valence-corrected chi connectivity index (χ4v) is 2.38.